The van der Waals surface area contributed by atoms with Gasteiger partial charge in [0.1, 0.15) is 0 Å². The van der Waals surface area contributed by atoms with E-state index in [1.54, 1.807) is 12.2 Å². The molecule has 31 heavy (non-hydrogen) atoms. The van der Waals surface area contributed by atoms with Crippen molar-refractivity contribution in [2.45, 2.75) is 52.6 Å². The Labute approximate surface area is 179 Å². The number of fused-ring (bicyclic) bond motifs is 5. The second kappa shape index (κ2) is 7.17. The lowest BCUT2D eigenvalue weighted by Gasteiger charge is -2.52. The molecule has 6 atom stereocenters. The largest absolute Gasteiger partial charge is 0.490 e. The van der Waals surface area contributed by atoms with Gasteiger partial charge in [0.2, 0.25) is 0 Å². The third-order valence-corrected chi connectivity index (χ3v) is 8.21. The molecule has 0 heterocycles. The standard InChI is InChI=1S/C24H27F3O4/c1-13-10-18-16-5-4-14-11-15(28)6-8-22(14,2)17(16)7-9-23(18,3)20(13)19(29)12-31-21(30)24(25,26)27/h6-8,11,13,16,18,20H,4-5,9-10,12H2,1-3H3/t13-,16?,18?,20?,22+,23+/m1/s1. The molecule has 0 aromatic rings. The maximum atomic E-state index is 12.9. The van der Waals surface area contributed by atoms with Crippen LogP contribution in [-0.4, -0.2) is 30.3 Å². The summed E-state index contributed by atoms with van der Waals surface area (Å²) in [5, 5.41) is 0. The predicted molar refractivity (Wildman–Crippen MR) is 107 cm³/mol. The van der Waals surface area contributed by atoms with Crippen molar-refractivity contribution in [2.24, 2.45) is 34.5 Å². The van der Waals surface area contributed by atoms with E-state index in [0.717, 1.165) is 24.8 Å². The third kappa shape index (κ3) is 3.40. The van der Waals surface area contributed by atoms with E-state index in [1.807, 2.05) is 13.0 Å². The van der Waals surface area contributed by atoms with Gasteiger partial charge in [0.25, 0.3) is 0 Å². The van der Waals surface area contributed by atoms with Crippen molar-refractivity contribution in [3.05, 3.63) is 35.5 Å². The minimum absolute atomic E-state index is 0.00643. The quantitative estimate of drug-likeness (QED) is 0.473. The Morgan fingerprint density at radius 1 is 1.26 bits per heavy atom. The van der Waals surface area contributed by atoms with E-state index in [-0.39, 0.29) is 34.4 Å². The van der Waals surface area contributed by atoms with Gasteiger partial charge in [-0.3, -0.25) is 9.59 Å². The SMILES string of the molecule is C[C@@H]1CC2C3CCC4=CC(=O)C=C[C@]4(C)C3=CC[C@]2(C)C1C(=O)COC(=O)C(F)(F)F. The summed E-state index contributed by atoms with van der Waals surface area (Å²) >= 11 is 0. The minimum Gasteiger partial charge on any atom is -0.451 e. The summed E-state index contributed by atoms with van der Waals surface area (Å²) in [5.74, 6) is -2.72. The number of ketones is 2. The zero-order valence-corrected chi connectivity index (χ0v) is 17.9. The lowest BCUT2D eigenvalue weighted by Crippen LogP contribution is -2.45. The molecule has 0 radical (unpaired) electrons. The molecule has 0 amide bonds. The van der Waals surface area contributed by atoms with Crippen LogP contribution in [0.3, 0.4) is 0 Å². The number of hydrogen-bond donors (Lipinski definition) is 0. The van der Waals surface area contributed by atoms with E-state index < -0.39 is 30.5 Å². The topological polar surface area (TPSA) is 60.4 Å². The summed E-state index contributed by atoms with van der Waals surface area (Å²) in [6.07, 6.45) is 5.60. The van der Waals surface area contributed by atoms with Crippen molar-refractivity contribution in [2.75, 3.05) is 6.61 Å². The summed E-state index contributed by atoms with van der Waals surface area (Å²) in [7, 11) is 0. The van der Waals surface area contributed by atoms with Crippen LogP contribution < -0.4 is 0 Å². The summed E-state index contributed by atoms with van der Waals surface area (Å²) in [6, 6.07) is 0. The molecule has 4 aliphatic rings. The molecule has 0 N–H and O–H groups in total. The maximum absolute atomic E-state index is 12.9. The van der Waals surface area contributed by atoms with Gasteiger partial charge < -0.3 is 4.74 Å². The summed E-state index contributed by atoms with van der Waals surface area (Å²) in [5.41, 5.74) is 1.75. The van der Waals surface area contributed by atoms with Crippen LogP contribution in [0.4, 0.5) is 13.2 Å². The number of rotatable bonds is 3. The Kier molecular flexibility index (Phi) is 5.10. The van der Waals surface area contributed by atoms with Crippen LogP contribution in [0.15, 0.2) is 35.5 Å². The molecule has 0 aliphatic heterocycles. The molecule has 0 bridgehead atoms. The number of hydrogen-bond acceptors (Lipinski definition) is 4. The summed E-state index contributed by atoms with van der Waals surface area (Å²) in [4.78, 5) is 35.8. The third-order valence-electron chi connectivity index (χ3n) is 8.21. The number of Topliss-reactive ketones (excluding diaryl/α,β-unsaturated/α-hetero) is 1. The first-order valence-electron chi connectivity index (χ1n) is 10.8. The predicted octanol–water partition coefficient (Wildman–Crippen LogP) is 4.75. The molecule has 3 unspecified atom stereocenters. The van der Waals surface area contributed by atoms with Gasteiger partial charge in [-0.1, -0.05) is 37.1 Å². The number of halogens is 3. The Hall–Kier alpha value is -2.18. The molecule has 0 spiro atoms. The Morgan fingerprint density at radius 3 is 2.65 bits per heavy atom. The van der Waals surface area contributed by atoms with Crippen LogP contribution in [0.5, 0.6) is 0 Å². The molecule has 0 aromatic carbocycles. The molecular formula is C24H27F3O4. The molecular weight excluding hydrogens is 409 g/mol. The van der Waals surface area contributed by atoms with Gasteiger partial charge in [-0.2, -0.15) is 13.2 Å². The van der Waals surface area contributed by atoms with Crippen molar-refractivity contribution < 1.29 is 32.3 Å². The molecule has 4 nitrogen and oxygen atoms in total. The Balaban J connectivity index is 1.59. The molecule has 4 rings (SSSR count). The van der Waals surface area contributed by atoms with Crippen LogP contribution in [0.25, 0.3) is 0 Å². The molecule has 0 saturated heterocycles. The number of carbonyl (C=O) groups is 3. The maximum Gasteiger partial charge on any atom is 0.490 e. The lowest BCUT2D eigenvalue weighted by atomic mass is 9.52. The smallest absolute Gasteiger partial charge is 0.451 e. The Bertz CT molecular complexity index is 928. The summed E-state index contributed by atoms with van der Waals surface area (Å²) < 4.78 is 41.6. The van der Waals surface area contributed by atoms with Crippen LogP contribution in [0.1, 0.15) is 46.5 Å². The first-order chi connectivity index (χ1) is 14.4. The van der Waals surface area contributed by atoms with Crippen LogP contribution in [0.2, 0.25) is 0 Å². The van der Waals surface area contributed by atoms with E-state index in [1.165, 1.54) is 5.57 Å². The highest BCUT2D eigenvalue weighted by molar-refractivity contribution is 6.01. The molecule has 7 heteroatoms. The van der Waals surface area contributed by atoms with Crippen molar-refractivity contribution in [1.82, 2.24) is 0 Å². The number of allylic oxidation sites excluding steroid dienone is 6. The molecule has 4 aliphatic carbocycles. The highest BCUT2D eigenvalue weighted by Crippen LogP contribution is 2.65. The van der Waals surface area contributed by atoms with E-state index in [0.29, 0.717) is 6.42 Å². The monoisotopic (exact) mass is 436 g/mol. The van der Waals surface area contributed by atoms with E-state index in [4.69, 9.17) is 0 Å². The zero-order valence-electron chi connectivity index (χ0n) is 17.9. The normalized spacial score (nSPS) is 39.1. The van der Waals surface area contributed by atoms with Crippen molar-refractivity contribution in [1.29, 1.82) is 0 Å². The molecule has 2 fully saturated rings. The fourth-order valence-corrected chi connectivity index (χ4v) is 6.88. The second-order valence-electron chi connectivity index (χ2n) is 9.96. The van der Waals surface area contributed by atoms with Gasteiger partial charge in [-0.05, 0) is 67.9 Å². The van der Waals surface area contributed by atoms with Gasteiger partial charge in [-0.15, -0.1) is 0 Å². The highest BCUT2D eigenvalue weighted by atomic mass is 19.4. The molecule has 168 valence electrons. The van der Waals surface area contributed by atoms with Crippen LogP contribution in [-0.2, 0) is 19.1 Å². The van der Waals surface area contributed by atoms with Gasteiger partial charge in [0.15, 0.2) is 18.2 Å². The lowest BCUT2D eigenvalue weighted by molar-refractivity contribution is -0.200. The van der Waals surface area contributed by atoms with Crippen molar-refractivity contribution >= 4 is 17.5 Å². The first kappa shape index (κ1) is 22.0. The fourth-order valence-electron chi connectivity index (χ4n) is 6.88. The van der Waals surface area contributed by atoms with E-state index >= 15 is 0 Å². The number of alkyl halides is 3. The van der Waals surface area contributed by atoms with Crippen molar-refractivity contribution in [3.8, 4) is 0 Å². The first-order valence-corrected chi connectivity index (χ1v) is 10.8. The number of esters is 1. The average Bonchev–Trinajstić information content (AvgIpc) is 2.95. The Morgan fingerprint density at radius 2 is 1.97 bits per heavy atom. The van der Waals surface area contributed by atoms with Gasteiger partial charge >= 0.3 is 12.1 Å². The minimum atomic E-state index is -5.10. The average molecular weight is 436 g/mol. The summed E-state index contributed by atoms with van der Waals surface area (Å²) in [6.45, 7) is 5.31. The molecule has 0 aromatic heterocycles. The second-order valence-corrected chi connectivity index (χ2v) is 9.96. The van der Waals surface area contributed by atoms with Crippen LogP contribution >= 0.6 is 0 Å². The molecule has 2 saturated carbocycles. The number of carbonyl (C=O) groups excluding carboxylic acids is 3. The van der Waals surface area contributed by atoms with Crippen molar-refractivity contribution in [3.63, 3.8) is 0 Å². The van der Waals surface area contributed by atoms with Gasteiger partial charge in [-0.25, -0.2) is 4.79 Å². The number of ether oxygens (including phenoxy) is 1. The zero-order chi connectivity index (χ0) is 22.8. The van der Waals surface area contributed by atoms with E-state index in [2.05, 4.69) is 24.7 Å². The van der Waals surface area contributed by atoms with Gasteiger partial charge in [0, 0.05) is 11.3 Å². The highest BCUT2D eigenvalue weighted by Gasteiger charge is 2.59. The fraction of sp³-hybridized carbons (Fsp3) is 0.625. The van der Waals surface area contributed by atoms with Gasteiger partial charge in [0.05, 0.1) is 0 Å². The van der Waals surface area contributed by atoms with Crippen LogP contribution in [0, 0.1) is 34.5 Å². The van der Waals surface area contributed by atoms with E-state index in [9.17, 15) is 27.6 Å².